The van der Waals surface area contributed by atoms with E-state index in [0.29, 0.717) is 24.1 Å². The number of amides is 3. The number of aromatic nitrogens is 1. The van der Waals surface area contributed by atoms with Gasteiger partial charge in [-0.05, 0) is 43.2 Å². The molecular weight excluding hydrogens is 382 g/mol. The van der Waals surface area contributed by atoms with Crippen LogP contribution in [0.4, 0.5) is 0 Å². The van der Waals surface area contributed by atoms with Crippen LogP contribution in [-0.4, -0.2) is 29.3 Å². The first-order chi connectivity index (χ1) is 14.5. The van der Waals surface area contributed by atoms with Crippen LogP contribution in [0.15, 0.2) is 47.2 Å². The summed E-state index contributed by atoms with van der Waals surface area (Å²) < 4.78 is 5.57. The van der Waals surface area contributed by atoms with Gasteiger partial charge in [-0.3, -0.25) is 24.7 Å². The first-order valence-corrected chi connectivity index (χ1v) is 9.56. The number of benzene rings is 1. The first kappa shape index (κ1) is 19.4. The summed E-state index contributed by atoms with van der Waals surface area (Å²) >= 11 is 0. The molecule has 4 rings (SSSR count). The van der Waals surface area contributed by atoms with Gasteiger partial charge in [-0.15, -0.1) is 0 Å². The normalized spacial score (nSPS) is 16.0. The number of rotatable bonds is 3. The fourth-order valence-electron chi connectivity index (χ4n) is 3.46. The van der Waals surface area contributed by atoms with E-state index in [1.807, 2.05) is 25.1 Å². The Bertz CT molecular complexity index is 1220. The molecule has 7 nitrogen and oxygen atoms in total. The van der Waals surface area contributed by atoms with E-state index >= 15 is 0 Å². The van der Waals surface area contributed by atoms with E-state index in [-0.39, 0.29) is 24.3 Å². The zero-order chi connectivity index (χ0) is 21.1. The number of imide groups is 1. The molecule has 0 spiro atoms. The fourth-order valence-corrected chi connectivity index (χ4v) is 3.46. The lowest BCUT2D eigenvalue weighted by Crippen LogP contribution is -2.39. The van der Waals surface area contributed by atoms with E-state index in [1.165, 1.54) is 0 Å². The highest BCUT2D eigenvalue weighted by Gasteiger charge is 2.30. The van der Waals surface area contributed by atoms with Crippen molar-refractivity contribution < 1.29 is 18.8 Å². The van der Waals surface area contributed by atoms with Gasteiger partial charge < -0.3 is 9.73 Å². The van der Waals surface area contributed by atoms with Gasteiger partial charge in [0.2, 0.25) is 11.8 Å². The van der Waals surface area contributed by atoms with Crippen LogP contribution in [0.5, 0.6) is 0 Å². The lowest BCUT2D eigenvalue weighted by molar-refractivity contribution is -0.134. The smallest absolute Gasteiger partial charge is 0.270 e. The van der Waals surface area contributed by atoms with Crippen molar-refractivity contribution in [2.75, 3.05) is 6.54 Å². The van der Waals surface area contributed by atoms with Crippen molar-refractivity contribution in [1.29, 1.82) is 0 Å². The standard InChI is InChI=1S/C23H19N3O4/c1-14-4-2-10-24-21(14)23(29)25-11-3-5-15-6-8-19-17(12-15)18(13-30-19)16-7-9-20(27)26-22(16)28/h2,4,6,8,10,12-13,16H,7,9,11H2,1H3,(H,25,29)(H,26,27,28). The van der Waals surface area contributed by atoms with Gasteiger partial charge >= 0.3 is 0 Å². The lowest BCUT2D eigenvalue weighted by Gasteiger charge is -2.19. The van der Waals surface area contributed by atoms with Gasteiger partial charge in [-0.1, -0.05) is 17.9 Å². The van der Waals surface area contributed by atoms with Crippen molar-refractivity contribution in [3.05, 3.63) is 65.2 Å². The highest BCUT2D eigenvalue weighted by molar-refractivity contribution is 6.02. The Morgan fingerprint density at radius 2 is 2.20 bits per heavy atom. The average molecular weight is 401 g/mol. The summed E-state index contributed by atoms with van der Waals surface area (Å²) in [6, 6.07) is 9.08. The van der Waals surface area contributed by atoms with Gasteiger partial charge in [0.25, 0.3) is 5.91 Å². The number of hydrogen-bond acceptors (Lipinski definition) is 5. The largest absolute Gasteiger partial charge is 0.464 e. The molecule has 150 valence electrons. The number of pyridine rings is 1. The van der Waals surface area contributed by atoms with Crippen LogP contribution in [0.1, 0.15) is 45.9 Å². The molecule has 1 fully saturated rings. The molecule has 7 heteroatoms. The summed E-state index contributed by atoms with van der Waals surface area (Å²) in [5.74, 6) is 4.69. The molecule has 3 aromatic rings. The molecule has 3 heterocycles. The number of nitrogens with one attached hydrogen (secondary N) is 2. The average Bonchev–Trinajstić information content (AvgIpc) is 3.14. The van der Waals surface area contributed by atoms with Crippen molar-refractivity contribution in [2.45, 2.75) is 25.7 Å². The Morgan fingerprint density at radius 1 is 1.33 bits per heavy atom. The van der Waals surface area contributed by atoms with Gasteiger partial charge in [0.05, 0.1) is 18.7 Å². The molecule has 1 atom stereocenters. The third-order valence-electron chi connectivity index (χ3n) is 5.01. The number of fused-ring (bicyclic) bond motifs is 1. The van der Waals surface area contributed by atoms with Crippen LogP contribution in [0.25, 0.3) is 11.0 Å². The van der Waals surface area contributed by atoms with Crippen molar-refractivity contribution in [3.8, 4) is 11.8 Å². The number of furan rings is 1. The van der Waals surface area contributed by atoms with Crippen molar-refractivity contribution >= 4 is 28.7 Å². The van der Waals surface area contributed by atoms with Crippen molar-refractivity contribution in [1.82, 2.24) is 15.6 Å². The first-order valence-electron chi connectivity index (χ1n) is 9.56. The van der Waals surface area contributed by atoms with Gasteiger partial charge in [0, 0.05) is 29.1 Å². The maximum atomic E-state index is 12.2. The third-order valence-corrected chi connectivity index (χ3v) is 5.01. The number of piperidine rings is 1. The fraction of sp³-hybridized carbons (Fsp3) is 0.217. The number of carbonyl (C=O) groups is 3. The molecule has 1 saturated heterocycles. The molecule has 1 aliphatic rings. The summed E-state index contributed by atoms with van der Waals surface area (Å²) in [5.41, 5.74) is 3.32. The molecule has 1 unspecified atom stereocenters. The number of carbonyl (C=O) groups excluding carboxylic acids is 3. The molecule has 2 aromatic heterocycles. The second kappa shape index (κ2) is 8.21. The number of aryl methyl sites for hydroxylation is 1. The third kappa shape index (κ3) is 3.94. The SMILES string of the molecule is Cc1cccnc1C(=O)NCC#Cc1ccc2occ(C3CCC(=O)NC3=O)c2c1. The van der Waals surface area contributed by atoms with Gasteiger partial charge in [0.1, 0.15) is 11.3 Å². The van der Waals surface area contributed by atoms with E-state index < -0.39 is 5.92 Å². The molecule has 0 saturated carbocycles. The summed E-state index contributed by atoms with van der Waals surface area (Å²) in [4.78, 5) is 39.9. The molecule has 0 aliphatic carbocycles. The predicted molar refractivity (Wildman–Crippen MR) is 110 cm³/mol. The number of nitrogens with zero attached hydrogens (tertiary/aromatic N) is 1. The molecule has 3 amide bonds. The summed E-state index contributed by atoms with van der Waals surface area (Å²) in [7, 11) is 0. The summed E-state index contributed by atoms with van der Waals surface area (Å²) in [6.45, 7) is 2.01. The van der Waals surface area contributed by atoms with Crippen LogP contribution in [0.2, 0.25) is 0 Å². The van der Waals surface area contributed by atoms with Crippen LogP contribution < -0.4 is 10.6 Å². The molecule has 2 N–H and O–H groups in total. The Hall–Kier alpha value is -3.92. The van der Waals surface area contributed by atoms with Crippen LogP contribution in [0, 0.1) is 18.8 Å². The van der Waals surface area contributed by atoms with Gasteiger partial charge in [-0.2, -0.15) is 0 Å². The zero-order valence-corrected chi connectivity index (χ0v) is 16.3. The van der Waals surface area contributed by atoms with E-state index in [1.54, 1.807) is 24.6 Å². The Morgan fingerprint density at radius 3 is 3.00 bits per heavy atom. The molecule has 30 heavy (non-hydrogen) atoms. The predicted octanol–water partition coefficient (Wildman–Crippen LogP) is 2.44. The summed E-state index contributed by atoms with van der Waals surface area (Å²) in [5, 5.41) is 5.91. The lowest BCUT2D eigenvalue weighted by atomic mass is 9.90. The van der Waals surface area contributed by atoms with Gasteiger partial charge in [-0.25, -0.2) is 0 Å². The van der Waals surface area contributed by atoms with Crippen LogP contribution >= 0.6 is 0 Å². The minimum absolute atomic E-state index is 0.179. The Kier molecular flexibility index (Phi) is 5.31. The molecule has 1 aliphatic heterocycles. The highest BCUT2D eigenvalue weighted by atomic mass is 16.3. The Labute approximate surface area is 172 Å². The monoisotopic (exact) mass is 401 g/mol. The molecule has 1 aromatic carbocycles. The van der Waals surface area contributed by atoms with E-state index in [9.17, 15) is 14.4 Å². The van der Waals surface area contributed by atoms with E-state index in [4.69, 9.17) is 4.42 Å². The quantitative estimate of drug-likeness (QED) is 0.519. The second-order valence-corrected chi connectivity index (χ2v) is 7.06. The van der Waals surface area contributed by atoms with E-state index in [2.05, 4.69) is 27.5 Å². The van der Waals surface area contributed by atoms with Gasteiger partial charge in [0.15, 0.2) is 0 Å². The minimum atomic E-state index is -0.423. The Balaban J connectivity index is 1.48. The van der Waals surface area contributed by atoms with Crippen molar-refractivity contribution in [2.24, 2.45) is 0 Å². The minimum Gasteiger partial charge on any atom is -0.464 e. The van der Waals surface area contributed by atoms with Crippen LogP contribution in [0.3, 0.4) is 0 Å². The maximum absolute atomic E-state index is 12.2. The molecule has 0 radical (unpaired) electrons. The highest BCUT2D eigenvalue weighted by Crippen LogP contribution is 2.32. The maximum Gasteiger partial charge on any atom is 0.270 e. The van der Waals surface area contributed by atoms with Crippen molar-refractivity contribution in [3.63, 3.8) is 0 Å². The van der Waals surface area contributed by atoms with Crippen LogP contribution in [-0.2, 0) is 9.59 Å². The molecule has 0 bridgehead atoms. The molecular formula is C23H19N3O4. The zero-order valence-electron chi connectivity index (χ0n) is 16.3. The summed E-state index contributed by atoms with van der Waals surface area (Å²) in [6.07, 6.45) is 3.90. The topological polar surface area (TPSA) is 101 Å². The second-order valence-electron chi connectivity index (χ2n) is 7.06. The van der Waals surface area contributed by atoms with E-state index in [0.717, 1.165) is 22.1 Å². The number of hydrogen-bond donors (Lipinski definition) is 2.